The van der Waals surface area contributed by atoms with Crippen LogP contribution in [0.4, 0.5) is 0 Å². The summed E-state index contributed by atoms with van der Waals surface area (Å²) < 4.78 is 18.3. The number of hydrogen-bond acceptors (Lipinski definition) is 10. The summed E-state index contributed by atoms with van der Waals surface area (Å²) in [5, 5.41) is 10.8. The summed E-state index contributed by atoms with van der Waals surface area (Å²) >= 11 is 0. The fourth-order valence-corrected chi connectivity index (χ4v) is 18.3. The number of ether oxygens (including phenoxy) is 3. The van der Waals surface area contributed by atoms with E-state index in [0.29, 0.717) is 24.2 Å². The van der Waals surface area contributed by atoms with Crippen molar-refractivity contribution in [3.8, 4) is 0 Å². The van der Waals surface area contributed by atoms with Crippen LogP contribution in [-0.4, -0.2) is 120 Å². The van der Waals surface area contributed by atoms with Crippen molar-refractivity contribution in [3.63, 3.8) is 0 Å². The Labute approximate surface area is 405 Å². The van der Waals surface area contributed by atoms with Crippen LogP contribution in [0, 0.1) is 71.0 Å². The number of hydrogen-bond donors (Lipinski definition) is 1. The van der Waals surface area contributed by atoms with Crippen LogP contribution in [0.3, 0.4) is 0 Å². The highest BCUT2D eigenvalue weighted by Crippen LogP contribution is 2.61. The van der Waals surface area contributed by atoms with E-state index in [1.807, 2.05) is 6.92 Å². The van der Waals surface area contributed by atoms with Crippen molar-refractivity contribution in [3.05, 3.63) is 0 Å². The van der Waals surface area contributed by atoms with E-state index in [1.165, 1.54) is 109 Å². The third kappa shape index (κ3) is 11.5. The van der Waals surface area contributed by atoms with Crippen LogP contribution in [0.15, 0.2) is 0 Å². The second-order valence-corrected chi connectivity index (χ2v) is 26.2. The highest BCUT2D eigenvalue weighted by molar-refractivity contribution is 5.73. The van der Waals surface area contributed by atoms with Crippen molar-refractivity contribution in [1.29, 1.82) is 0 Å². The number of piperidine rings is 3. The average molecular weight is 932 g/mol. The number of likely N-dealkylation sites (tertiary alicyclic amines) is 3. The number of nitrogens with zero attached hydrogens (tertiary/aromatic N) is 3. The molecular weight excluding hydrogens is 839 g/mol. The molecule has 11 saturated carbocycles. The van der Waals surface area contributed by atoms with E-state index in [9.17, 15) is 19.5 Å². The van der Waals surface area contributed by atoms with Crippen LogP contribution in [0.2, 0.25) is 0 Å². The molecule has 0 radical (unpaired) electrons. The zero-order valence-electron chi connectivity index (χ0n) is 42.5. The van der Waals surface area contributed by atoms with Crippen LogP contribution < -0.4 is 0 Å². The van der Waals surface area contributed by atoms with Crippen molar-refractivity contribution < 1.29 is 33.7 Å². The van der Waals surface area contributed by atoms with Crippen LogP contribution in [0.5, 0.6) is 0 Å². The number of carbonyl (C=O) groups is 3. The summed E-state index contributed by atoms with van der Waals surface area (Å²) in [6.45, 7) is 15.6. The van der Waals surface area contributed by atoms with Crippen molar-refractivity contribution >= 4 is 17.9 Å². The molecule has 14 fully saturated rings. The number of carbonyl (C=O) groups excluding carboxylic acids is 3. The molecular formula is C57H93N3O7. The van der Waals surface area contributed by atoms with E-state index in [0.717, 1.165) is 146 Å². The molecule has 3 saturated heterocycles. The third-order valence-electron chi connectivity index (χ3n) is 20.4. The van der Waals surface area contributed by atoms with Crippen molar-refractivity contribution in [2.45, 2.75) is 211 Å². The van der Waals surface area contributed by atoms with Gasteiger partial charge in [0.25, 0.3) is 0 Å². The Bertz CT molecular complexity index is 1650. The summed E-state index contributed by atoms with van der Waals surface area (Å²) in [5.41, 5.74) is -0.978. The zero-order chi connectivity index (χ0) is 46.3. The quantitative estimate of drug-likeness (QED) is 0.150. The molecule has 0 spiro atoms. The summed E-state index contributed by atoms with van der Waals surface area (Å²) in [5.74, 6) is 7.20. The molecule has 67 heavy (non-hydrogen) atoms. The van der Waals surface area contributed by atoms with Gasteiger partial charge in [-0.05, 0) is 227 Å². The maximum absolute atomic E-state index is 12.7. The third-order valence-corrected chi connectivity index (χ3v) is 20.4. The van der Waals surface area contributed by atoms with E-state index in [4.69, 9.17) is 14.2 Å². The molecule has 10 unspecified atom stereocenters. The fourth-order valence-electron chi connectivity index (χ4n) is 18.3. The molecule has 0 amide bonds. The Morgan fingerprint density at radius 1 is 0.478 bits per heavy atom. The fraction of sp³-hybridized carbons (Fsp3) is 0.947. The largest absolute Gasteiger partial charge is 0.462 e. The normalized spacial score (nSPS) is 43.0. The Hall–Kier alpha value is -1.75. The maximum atomic E-state index is 12.7. The van der Waals surface area contributed by atoms with E-state index < -0.39 is 5.60 Å². The lowest BCUT2D eigenvalue weighted by Gasteiger charge is -2.59. The van der Waals surface area contributed by atoms with Gasteiger partial charge in [-0.2, -0.15) is 0 Å². The summed E-state index contributed by atoms with van der Waals surface area (Å²) in [6, 6.07) is 0. The molecule has 10 bridgehead atoms. The van der Waals surface area contributed by atoms with Crippen LogP contribution in [0.1, 0.15) is 188 Å². The monoisotopic (exact) mass is 932 g/mol. The summed E-state index contributed by atoms with van der Waals surface area (Å²) in [7, 11) is 0. The van der Waals surface area contributed by atoms with Crippen LogP contribution in [0.25, 0.3) is 0 Å². The first-order chi connectivity index (χ1) is 32.3. The van der Waals surface area contributed by atoms with Crippen LogP contribution in [-0.2, 0) is 28.6 Å². The van der Waals surface area contributed by atoms with E-state index in [-0.39, 0.29) is 53.0 Å². The molecule has 3 heterocycles. The van der Waals surface area contributed by atoms with Gasteiger partial charge < -0.3 is 34.0 Å². The second-order valence-electron chi connectivity index (χ2n) is 26.2. The molecule has 11 aliphatic carbocycles. The van der Waals surface area contributed by atoms with Gasteiger partial charge in [0.05, 0.1) is 23.4 Å². The van der Waals surface area contributed by atoms with Gasteiger partial charge >= 0.3 is 17.9 Å². The molecule has 14 aliphatic rings. The SMILES string of the molecule is CC(CN1CCCCC1)C(=O)OC12CC3CC(CC(C3)C1)C2.CC(CN1CCCCC1)C(=O)OC12CC3CC(CC(O)(C3)C1)C2.CC(CN1CCCCC1)C(=O)OC1CC2CC1C1CCCC21. The first-order valence-corrected chi connectivity index (χ1v) is 28.8. The predicted octanol–water partition coefficient (Wildman–Crippen LogP) is 9.83. The molecule has 0 aromatic rings. The molecule has 0 aromatic heterocycles. The maximum Gasteiger partial charge on any atom is 0.310 e. The minimum Gasteiger partial charge on any atom is -0.462 e. The second kappa shape index (κ2) is 20.8. The summed E-state index contributed by atoms with van der Waals surface area (Å²) in [6.07, 6.45) is 32.1. The molecule has 3 aliphatic heterocycles. The van der Waals surface area contributed by atoms with Gasteiger partial charge in [0, 0.05) is 26.1 Å². The Balaban J connectivity index is 0.000000118. The highest BCUT2D eigenvalue weighted by Gasteiger charge is 2.60. The first-order valence-electron chi connectivity index (χ1n) is 28.8. The van der Waals surface area contributed by atoms with Gasteiger partial charge in [-0.15, -0.1) is 0 Å². The Morgan fingerprint density at radius 3 is 1.37 bits per heavy atom. The van der Waals surface area contributed by atoms with Gasteiger partial charge in [0.15, 0.2) is 0 Å². The van der Waals surface area contributed by atoms with E-state index in [1.54, 1.807) is 0 Å². The van der Waals surface area contributed by atoms with Gasteiger partial charge in [-0.3, -0.25) is 14.4 Å². The van der Waals surface area contributed by atoms with Crippen molar-refractivity contribution in [2.24, 2.45) is 71.0 Å². The summed E-state index contributed by atoms with van der Waals surface area (Å²) in [4.78, 5) is 45.1. The molecule has 10 heteroatoms. The number of rotatable bonds is 12. The van der Waals surface area contributed by atoms with Gasteiger partial charge in [-0.1, -0.05) is 46.5 Å². The highest BCUT2D eigenvalue weighted by atomic mass is 16.6. The molecule has 10 nitrogen and oxygen atoms in total. The standard InChI is InChI=1S/C19H31NO3.2C19H31NO2/c1-14(12-20-5-3-2-4-6-20)17(21)23-19-10-15-7-16(11-19)9-18(22,8-15)13-19;1-13(12-20-8-3-2-4-9-20)19(21)22-18-11-14-10-17(18)16-7-5-6-15(14)16;1-14(13-20-5-3-2-4-6-20)18(21)22-19-10-15-7-16(11-19)9-17(8-15)12-19/h14-16,22H,2-13H2,1H3;13-18H,2-12H2,1H3;14-17H,2-13H2,1H3. The minimum absolute atomic E-state index is 0.0334. The van der Waals surface area contributed by atoms with Gasteiger partial charge in [0.2, 0.25) is 0 Å². The number of aliphatic hydroxyl groups is 1. The lowest BCUT2D eigenvalue weighted by Crippen LogP contribution is -2.60. The molecule has 1 N–H and O–H groups in total. The Morgan fingerprint density at radius 2 is 0.896 bits per heavy atom. The number of fused-ring (bicyclic) bond motifs is 5. The predicted molar refractivity (Wildman–Crippen MR) is 261 cm³/mol. The number of esters is 3. The molecule has 14 rings (SSSR count). The van der Waals surface area contributed by atoms with Gasteiger partial charge in [-0.25, -0.2) is 0 Å². The lowest BCUT2D eigenvalue weighted by atomic mass is 9.52. The van der Waals surface area contributed by atoms with E-state index in [2.05, 4.69) is 28.5 Å². The van der Waals surface area contributed by atoms with Crippen molar-refractivity contribution in [2.75, 3.05) is 58.9 Å². The van der Waals surface area contributed by atoms with Crippen LogP contribution >= 0.6 is 0 Å². The lowest BCUT2D eigenvalue weighted by molar-refractivity contribution is -0.222. The first kappa shape index (κ1) is 48.9. The minimum atomic E-state index is -0.555. The van der Waals surface area contributed by atoms with Crippen molar-refractivity contribution in [1.82, 2.24) is 14.7 Å². The molecule has 10 atom stereocenters. The van der Waals surface area contributed by atoms with Gasteiger partial charge in [0.1, 0.15) is 17.3 Å². The average Bonchev–Trinajstić information content (AvgIpc) is 4.02. The molecule has 378 valence electrons. The smallest absolute Gasteiger partial charge is 0.310 e. The van der Waals surface area contributed by atoms with E-state index >= 15 is 0 Å². The topological polar surface area (TPSA) is 109 Å². The zero-order valence-corrected chi connectivity index (χ0v) is 42.5. The Kier molecular flexibility index (Phi) is 15.1. The molecule has 0 aromatic carbocycles.